The smallest absolute Gasteiger partial charge is 0.245 e. The Kier molecular flexibility index (Phi) is 3.69. The van der Waals surface area contributed by atoms with Crippen LogP contribution in [0.4, 0.5) is 0 Å². The summed E-state index contributed by atoms with van der Waals surface area (Å²) in [6.45, 7) is 4.43. The van der Waals surface area contributed by atoms with E-state index in [0.29, 0.717) is 12.3 Å². The summed E-state index contributed by atoms with van der Waals surface area (Å²) in [5.74, 6) is 0.785. The van der Waals surface area contributed by atoms with E-state index < -0.39 is 0 Å². The molecule has 17 heavy (non-hydrogen) atoms. The molecule has 0 bridgehead atoms. The fourth-order valence-corrected chi connectivity index (χ4v) is 3.01. The molecule has 1 heterocycles. The summed E-state index contributed by atoms with van der Waals surface area (Å²) < 4.78 is 0. The minimum absolute atomic E-state index is 0.00493. The molecule has 0 spiro atoms. The van der Waals surface area contributed by atoms with Crippen LogP contribution in [0.2, 0.25) is 0 Å². The van der Waals surface area contributed by atoms with E-state index in [1.807, 2.05) is 11.8 Å². The lowest BCUT2D eigenvalue weighted by atomic mass is 9.85. The zero-order valence-electron chi connectivity index (χ0n) is 10.7. The first kappa shape index (κ1) is 12.4. The third-order valence-electron chi connectivity index (χ3n) is 3.99. The average Bonchev–Trinajstić information content (AvgIpc) is 2.31. The zero-order chi connectivity index (χ0) is 12.4. The van der Waals surface area contributed by atoms with Gasteiger partial charge in [-0.05, 0) is 25.2 Å². The number of piperazine rings is 1. The fourth-order valence-electron chi connectivity index (χ4n) is 3.01. The first-order chi connectivity index (χ1) is 8.11. The van der Waals surface area contributed by atoms with Crippen molar-refractivity contribution in [3.63, 3.8) is 0 Å². The zero-order valence-corrected chi connectivity index (χ0v) is 10.7. The van der Waals surface area contributed by atoms with E-state index in [4.69, 9.17) is 0 Å². The van der Waals surface area contributed by atoms with Gasteiger partial charge in [0.2, 0.25) is 11.8 Å². The number of carbonyl (C=O) groups is 2. The summed E-state index contributed by atoms with van der Waals surface area (Å²) in [6, 6.07) is -0.0140. The summed E-state index contributed by atoms with van der Waals surface area (Å²) >= 11 is 0. The molecule has 3 unspecified atom stereocenters. The van der Waals surface area contributed by atoms with Crippen LogP contribution in [0.3, 0.4) is 0 Å². The van der Waals surface area contributed by atoms with Crippen LogP contribution in [0.15, 0.2) is 0 Å². The Hall–Kier alpha value is -1.06. The lowest BCUT2D eigenvalue weighted by Gasteiger charge is -2.40. The van der Waals surface area contributed by atoms with E-state index in [-0.39, 0.29) is 30.4 Å². The Labute approximate surface area is 103 Å². The first-order valence-corrected chi connectivity index (χ1v) is 6.71. The maximum absolute atomic E-state index is 12.2. The molecule has 1 N–H and O–H groups in total. The first-order valence-electron chi connectivity index (χ1n) is 6.71. The summed E-state index contributed by atoms with van der Waals surface area (Å²) in [4.78, 5) is 25.6. The molecule has 1 saturated carbocycles. The van der Waals surface area contributed by atoms with Gasteiger partial charge in [0.25, 0.3) is 0 Å². The van der Waals surface area contributed by atoms with Crippen molar-refractivity contribution in [2.75, 3.05) is 6.54 Å². The van der Waals surface area contributed by atoms with Crippen molar-refractivity contribution in [3.05, 3.63) is 0 Å². The molecule has 3 atom stereocenters. The van der Waals surface area contributed by atoms with E-state index >= 15 is 0 Å². The molecular formula is C13H22N2O2. The molecular weight excluding hydrogens is 216 g/mol. The van der Waals surface area contributed by atoms with Crippen LogP contribution < -0.4 is 5.32 Å². The number of hydrogen-bond donors (Lipinski definition) is 1. The van der Waals surface area contributed by atoms with Crippen LogP contribution in [0.5, 0.6) is 0 Å². The molecule has 96 valence electrons. The Morgan fingerprint density at radius 2 is 2.12 bits per heavy atom. The molecule has 0 aromatic rings. The molecule has 4 heteroatoms. The minimum Gasteiger partial charge on any atom is -0.343 e. The highest BCUT2D eigenvalue weighted by Gasteiger charge is 2.36. The van der Waals surface area contributed by atoms with Gasteiger partial charge in [0.1, 0.15) is 6.04 Å². The second-order valence-corrected chi connectivity index (χ2v) is 5.42. The highest BCUT2D eigenvalue weighted by Crippen LogP contribution is 2.28. The maximum atomic E-state index is 12.2. The van der Waals surface area contributed by atoms with Crippen LogP contribution in [0.1, 0.15) is 46.0 Å². The van der Waals surface area contributed by atoms with E-state index in [2.05, 4.69) is 12.2 Å². The van der Waals surface area contributed by atoms with Gasteiger partial charge < -0.3 is 10.2 Å². The molecule has 2 aliphatic rings. The predicted molar refractivity (Wildman–Crippen MR) is 65.4 cm³/mol. The van der Waals surface area contributed by atoms with Crippen LogP contribution in [0.25, 0.3) is 0 Å². The van der Waals surface area contributed by atoms with Crippen molar-refractivity contribution in [2.24, 2.45) is 5.92 Å². The van der Waals surface area contributed by atoms with Crippen molar-refractivity contribution < 1.29 is 9.59 Å². The van der Waals surface area contributed by atoms with Crippen molar-refractivity contribution in [2.45, 2.75) is 58.0 Å². The molecule has 4 nitrogen and oxygen atoms in total. The summed E-state index contributed by atoms with van der Waals surface area (Å²) in [7, 11) is 0. The standard InChI is InChI=1S/C13H22N2O2/c1-3-11-13(17)15(8-12(16)14-11)10-6-4-5-9(2)7-10/h9-11H,3-8H2,1-2H3,(H,14,16). The number of nitrogens with one attached hydrogen (secondary N) is 1. The van der Waals surface area contributed by atoms with Crippen molar-refractivity contribution in [1.82, 2.24) is 10.2 Å². The molecule has 1 saturated heterocycles. The lowest BCUT2D eigenvalue weighted by Crippen LogP contribution is -2.60. The van der Waals surface area contributed by atoms with Gasteiger partial charge in [-0.25, -0.2) is 0 Å². The molecule has 2 amide bonds. The van der Waals surface area contributed by atoms with Crippen LogP contribution in [0, 0.1) is 5.92 Å². The third kappa shape index (κ3) is 2.61. The molecule has 0 aromatic heterocycles. The minimum atomic E-state index is -0.298. The van der Waals surface area contributed by atoms with E-state index in [1.165, 1.54) is 12.8 Å². The average molecular weight is 238 g/mol. The number of rotatable bonds is 2. The van der Waals surface area contributed by atoms with Crippen LogP contribution in [-0.2, 0) is 9.59 Å². The number of nitrogens with zero attached hydrogens (tertiary/aromatic N) is 1. The summed E-state index contributed by atoms with van der Waals surface area (Å²) in [5.41, 5.74) is 0. The van der Waals surface area contributed by atoms with Gasteiger partial charge in [0.05, 0.1) is 6.54 Å². The van der Waals surface area contributed by atoms with Gasteiger partial charge in [0.15, 0.2) is 0 Å². The predicted octanol–water partition coefficient (Wildman–Crippen LogP) is 1.30. The second kappa shape index (κ2) is 5.07. The molecule has 2 fully saturated rings. The van der Waals surface area contributed by atoms with Crippen molar-refractivity contribution in [1.29, 1.82) is 0 Å². The second-order valence-electron chi connectivity index (χ2n) is 5.42. The Bertz CT molecular complexity index is 317. The Balaban J connectivity index is 2.07. The molecule has 1 aliphatic carbocycles. The maximum Gasteiger partial charge on any atom is 0.245 e. The number of hydrogen-bond acceptors (Lipinski definition) is 2. The summed E-state index contributed by atoms with van der Waals surface area (Å²) in [5, 5.41) is 2.77. The lowest BCUT2D eigenvalue weighted by molar-refractivity contribution is -0.147. The number of amides is 2. The monoisotopic (exact) mass is 238 g/mol. The highest BCUT2D eigenvalue weighted by molar-refractivity contribution is 5.94. The van der Waals surface area contributed by atoms with Crippen LogP contribution in [-0.4, -0.2) is 35.3 Å². The molecule has 0 radical (unpaired) electrons. The van der Waals surface area contributed by atoms with Gasteiger partial charge in [-0.2, -0.15) is 0 Å². The van der Waals surface area contributed by atoms with E-state index in [0.717, 1.165) is 12.8 Å². The number of carbonyl (C=O) groups excluding carboxylic acids is 2. The fraction of sp³-hybridized carbons (Fsp3) is 0.846. The van der Waals surface area contributed by atoms with Gasteiger partial charge in [-0.3, -0.25) is 9.59 Å². The quantitative estimate of drug-likeness (QED) is 0.788. The van der Waals surface area contributed by atoms with Gasteiger partial charge >= 0.3 is 0 Å². The summed E-state index contributed by atoms with van der Waals surface area (Å²) in [6.07, 6.45) is 5.22. The van der Waals surface area contributed by atoms with E-state index in [9.17, 15) is 9.59 Å². The van der Waals surface area contributed by atoms with Crippen molar-refractivity contribution in [3.8, 4) is 0 Å². The topological polar surface area (TPSA) is 49.4 Å². The highest BCUT2D eigenvalue weighted by atomic mass is 16.2. The van der Waals surface area contributed by atoms with Gasteiger partial charge in [-0.1, -0.05) is 26.7 Å². The normalized spacial score (nSPS) is 34.7. The largest absolute Gasteiger partial charge is 0.343 e. The Morgan fingerprint density at radius 1 is 1.35 bits per heavy atom. The van der Waals surface area contributed by atoms with Gasteiger partial charge in [0, 0.05) is 6.04 Å². The Morgan fingerprint density at radius 3 is 2.76 bits per heavy atom. The SMILES string of the molecule is CCC1NC(=O)CN(C2CCCC(C)C2)C1=O. The van der Waals surface area contributed by atoms with E-state index in [1.54, 1.807) is 0 Å². The van der Waals surface area contributed by atoms with Crippen molar-refractivity contribution >= 4 is 11.8 Å². The molecule has 0 aromatic carbocycles. The van der Waals surface area contributed by atoms with Gasteiger partial charge in [-0.15, -0.1) is 0 Å². The third-order valence-corrected chi connectivity index (χ3v) is 3.99. The molecule has 1 aliphatic heterocycles. The van der Waals surface area contributed by atoms with Crippen LogP contribution >= 0.6 is 0 Å². The molecule has 2 rings (SSSR count).